The molecular formula is C22H25NO5. The van der Waals surface area contributed by atoms with E-state index in [1.54, 1.807) is 6.92 Å². The first-order chi connectivity index (χ1) is 13.3. The van der Waals surface area contributed by atoms with Gasteiger partial charge in [0.25, 0.3) is 0 Å². The molecule has 0 fully saturated rings. The second-order valence-electron chi connectivity index (χ2n) is 7.10. The summed E-state index contributed by atoms with van der Waals surface area (Å²) in [5.41, 5.74) is 2.03. The van der Waals surface area contributed by atoms with Crippen molar-refractivity contribution in [3.8, 4) is 11.1 Å². The molecule has 2 aromatic carbocycles. The third kappa shape index (κ3) is 6.23. The molecule has 1 amide bonds. The molecule has 6 nitrogen and oxygen atoms in total. The van der Waals surface area contributed by atoms with Crippen LogP contribution >= 0.6 is 0 Å². The summed E-state index contributed by atoms with van der Waals surface area (Å²) in [7, 11) is 0. The molecule has 0 radical (unpaired) electrons. The lowest BCUT2D eigenvalue weighted by Gasteiger charge is -2.25. The molecule has 0 bridgehead atoms. The lowest BCUT2D eigenvalue weighted by atomic mass is 9.80. The molecule has 2 aromatic rings. The summed E-state index contributed by atoms with van der Waals surface area (Å²) in [6.07, 6.45) is 0.236. The molecule has 3 N–H and O–H groups in total. The van der Waals surface area contributed by atoms with Crippen LogP contribution in [-0.4, -0.2) is 34.6 Å². The summed E-state index contributed by atoms with van der Waals surface area (Å²) in [6.45, 7) is 1.84. The molecule has 1 atom stereocenters. The monoisotopic (exact) mass is 383 g/mol. The van der Waals surface area contributed by atoms with Gasteiger partial charge in [0, 0.05) is 13.0 Å². The van der Waals surface area contributed by atoms with E-state index in [1.807, 2.05) is 54.6 Å². The summed E-state index contributed by atoms with van der Waals surface area (Å²) in [6, 6.07) is 17.7. The minimum atomic E-state index is -1.04. The number of carboxylic acids is 2. The Labute approximate surface area is 164 Å². The van der Waals surface area contributed by atoms with Crippen molar-refractivity contribution in [3.63, 3.8) is 0 Å². The minimum absolute atomic E-state index is 0.111. The number of carboxylic acid groups (broad SMARTS) is 2. The van der Waals surface area contributed by atoms with Crippen molar-refractivity contribution in [3.05, 3.63) is 60.2 Å². The van der Waals surface area contributed by atoms with Crippen LogP contribution in [0.25, 0.3) is 11.1 Å². The molecule has 6 heteroatoms. The summed E-state index contributed by atoms with van der Waals surface area (Å²) in [5, 5.41) is 20.9. The number of hydrogen-bond acceptors (Lipinski definition) is 3. The van der Waals surface area contributed by atoms with Gasteiger partial charge in [0.15, 0.2) is 0 Å². The fraction of sp³-hybridized carbons (Fsp3) is 0.318. The molecule has 0 aliphatic rings. The zero-order valence-corrected chi connectivity index (χ0v) is 15.9. The second kappa shape index (κ2) is 9.69. The zero-order chi connectivity index (χ0) is 20.6. The SMILES string of the molecule is CC(CCNC(=O)CCC(=O)O)(Cc1ccc(-c2ccccc2)cc1)C(=O)O. The van der Waals surface area contributed by atoms with Crippen molar-refractivity contribution in [2.75, 3.05) is 6.54 Å². The highest BCUT2D eigenvalue weighted by Gasteiger charge is 2.33. The Hall–Kier alpha value is -3.15. The number of carbonyl (C=O) groups is 3. The highest BCUT2D eigenvalue weighted by molar-refractivity contribution is 5.80. The first-order valence-electron chi connectivity index (χ1n) is 9.16. The number of carbonyl (C=O) groups excluding carboxylic acids is 1. The number of amides is 1. The maximum absolute atomic E-state index is 11.8. The molecule has 0 saturated heterocycles. The third-order valence-electron chi connectivity index (χ3n) is 4.74. The van der Waals surface area contributed by atoms with E-state index in [9.17, 15) is 19.5 Å². The van der Waals surface area contributed by atoms with Gasteiger partial charge < -0.3 is 15.5 Å². The van der Waals surface area contributed by atoms with Crippen molar-refractivity contribution in [2.45, 2.75) is 32.6 Å². The number of aliphatic carboxylic acids is 2. The lowest BCUT2D eigenvalue weighted by Crippen LogP contribution is -2.35. The Kier molecular flexibility index (Phi) is 7.32. The van der Waals surface area contributed by atoms with Crippen molar-refractivity contribution in [1.29, 1.82) is 0 Å². The highest BCUT2D eigenvalue weighted by Crippen LogP contribution is 2.28. The van der Waals surface area contributed by atoms with Gasteiger partial charge in [-0.1, -0.05) is 54.6 Å². The topological polar surface area (TPSA) is 104 Å². The van der Waals surface area contributed by atoms with Crippen LogP contribution in [0.4, 0.5) is 0 Å². The molecule has 28 heavy (non-hydrogen) atoms. The van der Waals surface area contributed by atoms with Crippen LogP contribution in [0, 0.1) is 5.41 Å². The van der Waals surface area contributed by atoms with Crippen molar-refractivity contribution >= 4 is 17.8 Å². The molecule has 0 heterocycles. The maximum atomic E-state index is 11.8. The molecule has 0 spiro atoms. The largest absolute Gasteiger partial charge is 0.481 e. The first kappa shape index (κ1) is 21.2. The van der Waals surface area contributed by atoms with E-state index in [0.717, 1.165) is 16.7 Å². The number of rotatable bonds is 10. The predicted octanol–water partition coefficient (Wildman–Crippen LogP) is 3.36. The van der Waals surface area contributed by atoms with E-state index in [4.69, 9.17) is 5.11 Å². The molecule has 0 aliphatic carbocycles. The maximum Gasteiger partial charge on any atom is 0.309 e. The highest BCUT2D eigenvalue weighted by atomic mass is 16.4. The summed E-state index contributed by atoms with van der Waals surface area (Å²) in [5.74, 6) is -2.36. The average molecular weight is 383 g/mol. The standard InChI is InChI=1S/C22H25NO5/c1-22(21(27)28,13-14-23-19(24)11-12-20(25)26)15-16-7-9-18(10-8-16)17-5-3-2-4-6-17/h2-10H,11-15H2,1H3,(H,23,24)(H,25,26)(H,27,28). The van der Waals surface area contributed by atoms with Crippen LogP contribution in [0.15, 0.2) is 54.6 Å². The van der Waals surface area contributed by atoms with Crippen LogP contribution in [0.5, 0.6) is 0 Å². The molecular weight excluding hydrogens is 358 g/mol. The smallest absolute Gasteiger partial charge is 0.309 e. The third-order valence-corrected chi connectivity index (χ3v) is 4.74. The normalized spacial score (nSPS) is 12.8. The second-order valence-corrected chi connectivity index (χ2v) is 7.10. The Morgan fingerprint density at radius 1 is 0.893 bits per heavy atom. The summed E-state index contributed by atoms with van der Waals surface area (Å²) in [4.78, 5) is 33.9. The lowest BCUT2D eigenvalue weighted by molar-refractivity contribution is -0.148. The van der Waals surface area contributed by atoms with Crippen molar-refractivity contribution < 1.29 is 24.6 Å². The fourth-order valence-electron chi connectivity index (χ4n) is 2.95. The quantitative estimate of drug-likeness (QED) is 0.584. The number of benzene rings is 2. The van der Waals surface area contributed by atoms with Crippen molar-refractivity contribution in [1.82, 2.24) is 5.32 Å². The molecule has 0 aliphatic heterocycles. The summed E-state index contributed by atoms with van der Waals surface area (Å²) >= 11 is 0. The van der Waals surface area contributed by atoms with Gasteiger partial charge in [-0.25, -0.2) is 0 Å². The first-order valence-corrected chi connectivity index (χ1v) is 9.16. The Balaban J connectivity index is 1.96. The van der Waals surface area contributed by atoms with Gasteiger partial charge in [-0.15, -0.1) is 0 Å². The number of hydrogen-bond donors (Lipinski definition) is 3. The number of nitrogens with one attached hydrogen (secondary N) is 1. The Bertz CT molecular complexity index is 817. The van der Waals surface area contributed by atoms with Crippen molar-refractivity contribution in [2.24, 2.45) is 5.41 Å². The zero-order valence-electron chi connectivity index (χ0n) is 15.9. The minimum Gasteiger partial charge on any atom is -0.481 e. The van der Waals surface area contributed by atoms with E-state index >= 15 is 0 Å². The molecule has 1 unspecified atom stereocenters. The molecule has 0 aromatic heterocycles. The van der Waals surface area contributed by atoms with Crippen LogP contribution in [0.3, 0.4) is 0 Å². The van der Waals surface area contributed by atoms with Crippen LogP contribution in [-0.2, 0) is 20.8 Å². The van der Waals surface area contributed by atoms with Gasteiger partial charge >= 0.3 is 11.9 Å². The van der Waals surface area contributed by atoms with E-state index in [-0.39, 0.29) is 31.7 Å². The molecule has 148 valence electrons. The van der Waals surface area contributed by atoms with Crippen LogP contribution in [0.1, 0.15) is 31.7 Å². The van der Waals surface area contributed by atoms with Gasteiger partial charge in [0.05, 0.1) is 11.8 Å². The van der Waals surface area contributed by atoms with Gasteiger partial charge in [-0.05, 0) is 36.5 Å². The Morgan fingerprint density at radius 2 is 1.50 bits per heavy atom. The van der Waals surface area contributed by atoms with Gasteiger partial charge in [-0.2, -0.15) is 0 Å². The Morgan fingerprint density at radius 3 is 2.07 bits per heavy atom. The van der Waals surface area contributed by atoms with Crippen LogP contribution in [0.2, 0.25) is 0 Å². The van der Waals surface area contributed by atoms with Crippen LogP contribution < -0.4 is 5.32 Å². The predicted molar refractivity (Wildman–Crippen MR) is 106 cm³/mol. The molecule has 0 saturated carbocycles. The van der Waals surface area contributed by atoms with Gasteiger partial charge in [0.1, 0.15) is 0 Å². The van der Waals surface area contributed by atoms with E-state index in [1.165, 1.54) is 0 Å². The van der Waals surface area contributed by atoms with Gasteiger partial charge in [0.2, 0.25) is 5.91 Å². The fourth-order valence-corrected chi connectivity index (χ4v) is 2.95. The van der Waals surface area contributed by atoms with E-state index in [0.29, 0.717) is 6.42 Å². The van der Waals surface area contributed by atoms with Gasteiger partial charge in [-0.3, -0.25) is 14.4 Å². The summed E-state index contributed by atoms with van der Waals surface area (Å²) < 4.78 is 0. The average Bonchev–Trinajstić information content (AvgIpc) is 2.67. The molecule has 2 rings (SSSR count). The van der Waals surface area contributed by atoms with E-state index in [2.05, 4.69) is 5.32 Å². The van der Waals surface area contributed by atoms with E-state index < -0.39 is 17.4 Å².